The van der Waals surface area contributed by atoms with Gasteiger partial charge in [0.2, 0.25) is 5.88 Å². The summed E-state index contributed by atoms with van der Waals surface area (Å²) in [5.74, 6) is -1.74. The standard InChI is InChI=1S/C8H8N4O3/c1-15-4-2-3-12-7(10-4)5(8(13)14)6(9)11-12/h2-3H,1H3,(H2,9,11)(H,13,14)/i1D3. The molecule has 0 saturated heterocycles. The Kier molecular flexibility index (Phi) is 1.30. The van der Waals surface area contributed by atoms with Crippen LogP contribution in [0.15, 0.2) is 12.3 Å². The number of ether oxygens (including phenoxy) is 1. The van der Waals surface area contributed by atoms with E-state index >= 15 is 0 Å². The van der Waals surface area contributed by atoms with Gasteiger partial charge in [-0.05, 0) is 0 Å². The van der Waals surface area contributed by atoms with Crippen molar-refractivity contribution in [3.8, 4) is 5.88 Å². The van der Waals surface area contributed by atoms with Crippen molar-refractivity contribution in [3.05, 3.63) is 17.8 Å². The molecular weight excluding hydrogens is 200 g/mol. The van der Waals surface area contributed by atoms with Crippen LogP contribution in [0.1, 0.15) is 14.5 Å². The zero-order chi connectivity index (χ0) is 13.5. The molecule has 2 heterocycles. The number of anilines is 1. The number of aromatic carboxylic acids is 1. The number of hydrogen-bond acceptors (Lipinski definition) is 5. The predicted octanol–water partition coefficient (Wildman–Crippen LogP) is 0.0183. The fourth-order valence-corrected chi connectivity index (χ4v) is 1.19. The number of hydrogen-bond donors (Lipinski definition) is 2. The number of aromatic nitrogens is 3. The van der Waals surface area contributed by atoms with Gasteiger partial charge >= 0.3 is 5.97 Å². The maximum Gasteiger partial charge on any atom is 0.343 e. The lowest BCUT2D eigenvalue weighted by Crippen LogP contribution is -2.01. The Labute approximate surface area is 88.3 Å². The van der Waals surface area contributed by atoms with Crippen molar-refractivity contribution in [1.29, 1.82) is 0 Å². The van der Waals surface area contributed by atoms with Crippen LogP contribution in [0, 0.1) is 0 Å². The van der Waals surface area contributed by atoms with E-state index in [2.05, 4.69) is 14.8 Å². The van der Waals surface area contributed by atoms with Crippen LogP contribution in [0.5, 0.6) is 5.88 Å². The molecule has 0 aliphatic rings. The third-order valence-electron chi connectivity index (χ3n) is 1.81. The second-order valence-electron chi connectivity index (χ2n) is 2.70. The summed E-state index contributed by atoms with van der Waals surface area (Å²) in [6.45, 7) is 0. The van der Waals surface area contributed by atoms with Crippen LogP contribution in [0.4, 0.5) is 5.82 Å². The molecule has 15 heavy (non-hydrogen) atoms. The third-order valence-corrected chi connectivity index (χ3v) is 1.81. The van der Waals surface area contributed by atoms with Gasteiger partial charge in [0, 0.05) is 12.3 Å². The first kappa shape index (κ1) is 6.23. The fourth-order valence-electron chi connectivity index (χ4n) is 1.19. The van der Waals surface area contributed by atoms with E-state index in [-0.39, 0.29) is 22.9 Å². The Morgan fingerprint density at radius 2 is 2.60 bits per heavy atom. The Balaban J connectivity index is 2.56. The van der Waals surface area contributed by atoms with Crippen LogP contribution in [0.3, 0.4) is 0 Å². The summed E-state index contributed by atoms with van der Waals surface area (Å²) in [5.41, 5.74) is 5.05. The minimum Gasteiger partial charge on any atom is -0.481 e. The molecule has 0 radical (unpaired) electrons. The minimum atomic E-state index is -2.67. The lowest BCUT2D eigenvalue weighted by Gasteiger charge is -1.98. The molecule has 0 fully saturated rings. The van der Waals surface area contributed by atoms with Crippen molar-refractivity contribution in [3.63, 3.8) is 0 Å². The number of nitrogens with zero attached hydrogens (tertiary/aromatic N) is 3. The van der Waals surface area contributed by atoms with Gasteiger partial charge in [-0.1, -0.05) is 0 Å². The molecule has 3 N–H and O–H groups in total. The number of rotatable bonds is 2. The van der Waals surface area contributed by atoms with Crippen LogP contribution in [-0.2, 0) is 0 Å². The number of methoxy groups -OCH3 is 1. The number of fused-ring (bicyclic) bond motifs is 1. The van der Waals surface area contributed by atoms with E-state index < -0.39 is 13.0 Å². The quantitative estimate of drug-likeness (QED) is 0.725. The SMILES string of the molecule is [2H]C([2H])([2H])Oc1ccn2nc(N)c(C(=O)O)c2n1. The van der Waals surface area contributed by atoms with Gasteiger partial charge in [-0.25, -0.2) is 9.31 Å². The van der Waals surface area contributed by atoms with E-state index in [1.807, 2.05) is 0 Å². The monoisotopic (exact) mass is 211 g/mol. The maximum atomic E-state index is 11.0. The second-order valence-corrected chi connectivity index (χ2v) is 2.70. The summed E-state index contributed by atoms with van der Waals surface area (Å²) in [5, 5.41) is 12.7. The van der Waals surface area contributed by atoms with Gasteiger partial charge in [-0.2, -0.15) is 4.98 Å². The highest BCUT2D eigenvalue weighted by molar-refractivity contribution is 5.99. The molecule has 0 aromatic carbocycles. The lowest BCUT2D eigenvalue weighted by molar-refractivity contribution is 0.0700. The molecule has 78 valence electrons. The first-order valence-corrected chi connectivity index (χ1v) is 3.85. The van der Waals surface area contributed by atoms with Crippen LogP contribution < -0.4 is 10.5 Å². The van der Waals surface area contributed by atoms with E-state index in [0.717, 1.165) is 4.52 Å². The van der Waals surface area contributed by atoms with Crippen LogP contribution in [0.25, 0.3) is 5.65 Å². The van der Waals surface area contributed by atoms with Crippen molar-refractivity contribution < 1.29 is 18.8 Å². The molecule has 0 bridgehead atoms. The van der Waals surface area contributed by atoms with Crippen LogP contribution >= 0.6 is 0 Å². The molecule has 0 spiro atoms. The molecule has 7 nitrogen and oxygen atoms in total. The zero-order valence-corrected chi connectivity index (χ0v) is 7.34. The van der Waals surface area contributed by atoms with Crippen molar-refractivity contribution in [2.24, 2.45) is 0 Å². The Hall–Kier alpha value is -2.31. The number of nitrogen functional groups attached to an aromatic ring is 1. The summed E-state index contributed by atoms with van der Waals surface area (Å²) in [4.78, 5) is 14.7. The number of nitrogens with two attached hydrogens (primary N) is 1. The van der Waals surface area contributed by atoms with Gasteiger partial charge in [0.25, 0.3) is 0 Å². The summed E-state index contributed by atoms with van der Waals surface area (Å²) < 4.78 is 26.5. The fraction of sp³-hybridized carbons (Fsp3) is 0.125. The Bertz CT molecular complexity index is 622. The number of carboxylic acid groups (broad SMARTS) is 1. The van der Waals surface area contributed by atoms with Crippen LogP contribution in [-0.4, -0.2) is 32.7 Å². The van der Waals surface area contributed by atoms with Gasteiger partial charge in [-0.3, -0.25) is 0 Å². The van der Waals surface area contributed by atoms with E-state index in [1.165, 1.54) is 12.3 Å². The van der Waals surface area contributed by atoms with Crippen molar-refractivity contribution in [1.82, 2.24) is 14.6 Å². The maximum absolute atomic E-state index is 11.0. The molecule has 2 aromatic heterocycles. The van der Waals surface area contributed by atoms with Gasteiger partial charge in [0.15, 0.2) is 11.5 Å². The van der Waals surface area contributed by atoms with Gasteiger partial charge < -0.3 is 15.6 Å². The molecule has 7 heteroatoms. The second kappa shape index (κ2) is 3.12. The molecule has 0 saturated carbocycles. The molecule has 0 aliphatic carbocycles. The van der Waals surface area contributed by atoms with E-state index in [9.17, 15) is 4.79 Å². The van der Waals surface area contributed by atoms with E-state index in [0.29, 0.717) is 0 Å². The smallest absolute Gasteiger partial charge is 0.343 e. The summed E-state index contributed by atoms with van der Waals surface area (Å²) in [7, 11) is -2.67. The highest BCUT2D eigenvalue weighted by atomic mass is 16.5. The topological polar surface area (TPSA) is 103 Å². The molecular formula is C8H8N4O3. The Morgan fingerprint density at radius 3 is 3.27 bits per heavy atom. The number of carbonyl (C=O) groups is 1. The van der Waals surface area contributed by atoms with E-state index in [1.54, 1.807) is 0 Å². The lowest BCUT2D eigenvalue weighted by atomic mass is 10.3. The minimum absolute atomic E-state index is 0.0817. The van der Waals surface area contributed by atoms with Crippen molar-refractivity contribution in [2.45, 2.75) is 0 Å². The first-order chi connectivity index (χ1) is 8.28. The summed E-state index contributed by atoms with van der Waals surface area (Å²) >= 11 is 0. The van der Waals surface area contributed by atoms with Gasteiger partial charge in [-0.15, -0.1) is 5.10 Å². The number of carboxylic acids is 1. The predicted molar refractivity (Wildman–Crippen MR) is 50.9 cm³/mol. The first-order valence-electron chi connectivity index (χ1n) is 5.35. The van der Waals surface area contributed by atoms with Crippen molar-refractivity contribution in [2.75, 3.05) is 12.8 Å². The van der Waals surface area contributed by atoms with Gasteiger partial charge in [0.05, 0.1) is 11.2 Å². The molecule has 2 aromatic rings. The normalized spacial score (nSPS) is 14.3. The van der Waals surface area contributed by atoms with Crippen molar-refractivity contribution >= 4 is 17.4 Å². The molecule has 2 rings (SSSR count). The highest BCUT2D eigenvalue weighted by Crippen LogP contribution is 2.18. The van der Waals surface area contributed by atoms with Crippen LogP contribution in [0.2, 0.25) is 0 Å². The molecule has 0 unspecified atom stereocenters. The average Bonchev–Trinajstić information content (AvgIpc) is 2.50. The van der Waals surface area contributed by atoms with Gasteiger partial charge in [0.1, 0.15) is 5.56 Å². The average molecular weight is 211 g/mol. The summed E-state index contributed by atoms with van der Waals surface area (Å²) in [6, 6.07) is 1.25. The zero-order valence-electron chi connectivity index (χ0n) is 10.3. The largest absolute Gasteiger partial charge is 0.481 e. The van der Waals surface area contributed by atoms with E-state index in [4.69, 9.17) is 15.0 Å². The Morgan fingerprint density at radius 1 is 1.80 bits per heavy atom. The molecule has 0 amide bonds. The third kappa shape index (κ3) is 1.33. The molecule has 0 atom stereocenters. The summed E-state index contributed by atoms with van der Waals surface area (Å²) in [6.07, 6.45) is 1.31. The highest BCUT2D eigenvalue weighted by Gasteiger charge is 2.18. The molecule has 0 aliphatic heterocycles.